The molecule has 0 aromatic heterocycles. The van der Waals surface area contributed by atoms with Crippen molar-refractivity contribution in [3.63, 3.8) is 0 Å². The van der Waals surface area contributed by atoms with Crippen molar-refractivity contribution in [2.75, 3.05) is 19.7 Å². The van der Waals surface area contributed by atoms with Crippen molar-refractivity contribution in [1.29, 1.82) is 0 Å². The van der Waals surface area contributed by atoms with Crippen molar-refractivity contribution in [2.24, 2.45) is 5.73 Å². The van der Waals surface area contributed by atoms with E-state index in [1.54, 1.807) is 5.32 Å². The molecule has 0 aromatic rings. The molecule has 33 heavy (non-hydrogen) atoms. The number of alkyl halides is 3. The lowest BCUT2D eigenvalue weighted by Crippen LogP contribution is -2.37. The summed E-state index contributed by atoms with van der Waals surface area (Å²) in [6, 6.07) is -0.989. The highest BCUT2D eigenvalue weighted by molar-refractivity contribution is 7.33. The standard InChI is InChI=1S/C19H33F3N3O7P/c1-2-3-7-13(23)12-30-33(29)32-15(9-4-5-10-25-18(28)19(20,21)22)17(27)31-16(26)14-8-6-11-24-14/h13-15,24,33H,2-12,23H2,1H3,(H,25,28)/t13?,14-,15?/m0/s1. The number of amides is 1. The van der Waals surface area contributed by atoms with Gasteiger partial charge in [0.2, 0.25) is 0 Å². The number of carbonyl (C=O) groups excluding carboxylic acids is 3. The van der Waals surface area contributed by atoms with Crippen LogP contribution in [0.15, 0.2) is 0 Å². The maximum Gasteiger partial charge on any atom is 0.471 e. The first-order chi connectivity index (χ1) is 15.5. The third-order valence-corrected chi connectivity index (χ3v) is 5.71. The zero-order valence-electron chi connectivity index (χ0n) is 18.6. The number of hydrogen-bond donors (Lipinski definition) is 3. The molecular weight excluding hydrogens is 470 g/mol. The lowest BCUT2D eigenvalue weighted by Gasteiger charge is -2.18. The van der Waals surface area contributed by atoms with Crippen LogP contribution in [0.1, 0.15) is 58.3 Å². The molecule has 1 saturated heterocycles. The fraction of sp³-hybridized carbons (Fsp3) is 0.842. The quantitative estimate of drug-likeness (QED) is 0.132. The molecule has 14 heteroatoms. The van der Waals surface area contributed by atoms with Gasteiger partial charge >= 0.3 is 32.3 Å². The average Bonchev–Trinajstić information content (AvgIpc) is 3.29. The van der Waals surface area contributed by atoms with Gasteiger partial charge in [0.25, 0.3) is 0 Å². The van der Waals surface area contributed by atoms with Crippen LogP contribution in [0.4, 0.5) is 13.2 Å². The second-order valence-corrected chi connectivity index (χ2v) is 8.73. The Hall–Kier alpha value is -1.53. The summed E-state index contributed by atoms with van der Waals surface area (Å²) in [7, 11) is -3.16. The summed E-state index contributed by atoms with van der Waals surface area (Å²) in [6.45, 7) is 2.26. The van der Waals surface area contributed by atoms with Gasteiger partial charge in [-0.2, -0.15) is 13.2 Å². The first-order valence-corrected chi connectivity index (χ1v) is 12.2. The minimum Gasteiger partial charge on any atom is -0.390 e. The van der Waals surface area contributed by atoms with E-state index in [9.17, 15) is 32.1 Å². The number of carbonyl (C=O) groups is 3. The summed E-state index contributed by atoms with van der Waals surface area (Å²) in [4.78, 5) is 35.3. The van der Waals surface area contributed by atoms with Crippen LogP contribution in [-0.2, 0) is 32.7 Å². The molecular formula is C19H33F3N3O7P. The Bertz CT molecular complexity index is 661. The zero-order chi connectivity index (χ0) is 24.9. The first kappa shape index (κ1) is 29.5. The average molecular weight is 503 g/mol. The van der Waals surface area contributed by atoms with Crippen molar-refractivity contribution < 1.29 is 45.9 Å². The Kier molecular flexibility index (Phi) is 13.8. The zero-order valence-corrected chi connectivity index (χ0v) is 19.6. The van der Waals surface area contributed by atoms with Crippen LogP contribution in [-0.4, -0.2) is 61.9 Å². The largest absolute Gasteiger partial charge is 0.471 e. The molecule has 4 atom stereocenters. The van der Waals surface area contributed by atoms with Crippen LogP contribution in [0.25, 0.3) is 0 Å². The van der Waals surface area contributed by atoms with E-state index in [-0.39, 0.29) is 38.5 Å². The number of esters is 2. The molecule has 1 heterocycles. The minimum atomic E-state index is -4.99. The molecule has 4 N–H and O–H groups in total. The lowest BCUT2D eigenvalue weighted by atomic mass is 10.1. The normalized spacial score (nSPS) is 19.0. The molecule has 0 saturated carbocycles. The summed E-state index contributed by atoms with van der Waals surface area (Å²) in [5.41, 5.74) is 5.84. The maximum absolute atomic E-state index is 12.4. The predicted molar refractivity (Wildman–Crippen MR) is 112 cm³/mol. The van der Waals surface area contributed by atoms with Crippen LogP contribution >= 0.6 is 8.25 Å². The second-order valence-electron chi connectivity index (χ2n) is 7.71. The van der Waals surface area contributed by atoms with Crippen molar-refractivity contribution in [2.45, 2.75) is 82.7 Å². The summed E-state index contributed by atoms with van der Waals surface area (Å²) < 4.78 is 63.9. The van der Waals surface area contributed by atoms with Gasteiger partial charge in [-0.25, -0.2) is 9.59 Å². The summed E-state index contributed by atoms with van der Waals surface area (Å²) >= 11 is 0. The van der Waals surface area contributed by atoms with E-state index >= 15 is 0 Å². The van der Waals surface area contributed by atoms with Crippen molar-refractivity contribution in [3.05, 3.63) is 0 Å². The van der Waals surface area contributed by atoms with Crippen molar-refractivity contribution in [3.8, 4) is 0 Å². The number of halogens is 3. The maximum atomic E-state index is 12.4. The molecule has 1 fully saturated rings. The minimum absolute atomic E-state index is 0.0477. The van der Waals surface area contributed by atoms with E-state index in [1.165, 1.54) is 0 Å². The highest BCUT2D eigenvalue weighted by Crippen LogP contribution is 2.29. The Morgan fingerprint density at radius 1 is 1.21 bits per heavy atom. The third-order valence-electron chi connectivity index (χ3n) is 4.83. The molecule has 0 aliphatic carbocycles. The molecule has 1 aliphatic heterocycles. The summed E-state index contributed by atoms with van der Waals surface area (Å²) in [6.07, 6.45) is -2.60. The van der Waals surface area contributed by atoms with Gasteiger partial charge in [-0.05, 0) is 45.1 Å². The predicted octanol–water partition coefficient (Wildman–Crippen LogP) is 1.97. The second kappa shape index (κ2) is 15.4. The molecule has 0 bridgehead atoms. The molecule has 192 valence electrons. The van der Waals surface area contributed by atoms with E-state index in [0.29, 0.717) is 19.4 Å². The monoisotopic (exact) mass is 503 g/mol. The smallest absolute Gasteiger partial charge is 0.390 e. The van der Waals surface area contributed by atoms with E-state index in [4.69, 9.17) is 19.5 Å². The fourth-order valence-corrected chi connectivity index (χ4v) is 3.84. The Morgan fingerprint density at radius 2 is 1.94 bits per heavy atom. The number of nitrogens with one attached hydrogen (secondary N) is 2. The number of nitrogens with two attached hydrogens (primary N) is 1. The first-order valence-electron chi connectivity index (χ1n) is 11.0. The topological polar surface area (TPSA) is 146 Å². The molecule has 0 aromatic carbocycles. The van der Waals surface area contributed by atoms with Crippen molar-refractivity contribution in [1.82, 2.24) is 10.6 Å². The van der Waals surface area contributed by atoms with Crippen molar-refractivity contribution >= 4 is 26.1 Å². The Labute approximate surface area is 191 Å². The molecule has 1 rings (SSSR count). The van der Waals surface area contributed by atoms with Crippen LogP contribution in [0.5, 0.6) is 0 Å². The Balaban J connectivity index is 2.55. The van der Waals surface area contributed by atoms with Crippen LogP contribution in [0, 0.1) is 0 Å². The van der Waals surface area contributed by atoms with E-state index in [2.05, 4.69) is 5.32 Å². The van der Waals surface area contributed by atoms with Gasteiger partial charge in [0.15, 0.2) is 6.10 Å². The lowest BCUT2D eigenvalue weighted by molar-refractivity contribution is -0.173. The highest BCUT2D eigenvalue weighted by atomic mass is 31.1. The van der Waals surface area contributed by atoms with Crippen LogP contribution < -0.4 is 16.4 Å². The molecule has 1 amide bonds. The summed E-state index contributed by atoms with van der Waals surface area (Å²) in [5, 5.41) is 4.59. The molecule has 0 radical (unpaired) electrons. The van der Waals surface area contributed by atoms with Crippen LogP contribution in [0.2, 0.25) is 0 Å². The van der Waals surface area contributed by atoms with E-state index < -0.39 is 44.4 Å². The van der Waals surface area contributed by atoms with Gasteiger partial charge in [-0.1, -0.05) is 19.8 Å². The number of rotatable bonds is 15. The van der Waals surface area contributed by atoms with Crippen LogP contribution in [0.3, 0.4) is 0 Å². The van der Waals surface area contributed by atoms with Gasteiger partial charge in [0.05, 0.1) is 6.61 Å². The van der Waals surface area contributed by atoms with Gasteiger partial charge in [0.1, 0.15) is 6.04 Å². The van der Waals surface area contributed by atoms with E-state index in [0.717, 1.165) is 19.3 Å². The molecule has 0 spiro atoms. The number of unbranched alkanes of at least 4 members (excludes halogenated alkanes) is 2. The van der Waals surface area contributed by atoms with Gasteiger partial charge in [-0.15, -0.1) is 0 Å². The van der Waals surface area contributed by atoms with Gasteiger partial charge in [0, 0.05) is 12.6 Å². The molecule has 1 aliphatic rings. The van der Waals surface area contributed by atoms with E-state index in [1.807, 2.05) is 6.92 Å². The molecule has 10 nitrogen and oxygen atoms in total. The Morgan fingerprint density at radius 3 is 2.55 bits per heavy atom. The number of hydrogen-bond acceptors (Lipinski definition) is 9. The fourth-order valence-electron chi connectivity index (χ4n) is 2.98. The highest BCUT2D eigenvalue weighted by Gasteiger charge is 2.38. The number of ether oxygens (including phenoxy) is 1. The molecule has 3 unspecified atom stereocenters. The SMILES string of the molecule is CCCCC(N)CO[PH](=O)OC(CCCCNC(=O)C(F)(F)F)C(=O)OC(=O)[C@@H]1CCCN1. The van der Waals surface area contributed by atoms with Gasteiger partial charge in [-0.3, -0.25) is 13.9 Å². The summed E-state index contributed by atoms with van der Waals surface area (Å²) in [5.74, 6) is -3.92. The van der Waals surface area contributed by atoms with Gasteiger partial charge < -0.3 is 25.6 Å². The third kappa shape index (κ3) is 12.5.